The minimum absolute atomic E-state index is 0.206. The Hall–Kier alpha value is -1.97. The molecular weight excluding hydrogens is 263 g/mol. The molecule has 0 atom stereocenters. The largest absolute Gasteiger partial charge is 0.417 e. The van der Waals surface area contributed by atoms with E-state index in [4.69, 9.17) is 0 Å². The molecule has 106 valence electrons. The van der Waals surface area contributed by atoms with Crippen LogP contribution in [0.15, 0.2) is 43.0 Å². The Morgan fingerprint density at radius 1 is 1.10 bits per heavy atom. The lowest BCUT2D eigenvalue weighted by atomic mass is 9.98. The van der Waals surface area contributed by atoms with E-state index in [0.29, 0.717) is 16.6 Å². The van der Waals surface area contributed by atoms with Crippen LogP contribution in [0.1, 0.15) is 24.5 Å². The Labute approximate surface area is 116 Å². The van der Waals surface area contributed by atoms with Gasteiger partial charge in [-0.3, -0.25) is 0 Å². The lowest BCUT2D eigenvalue weighted by Crippen LogP contribution is -2.12. The second kappa shape index (κ2) is 5.57. The first-order chi connectivity index (χ1) is 9.45. The number of halogens is 3. The molecule has 0 amide bonds. The maximum atomic E-state index is 13.0. The van der Waals surface area contributed by atoms with Crippen molar-refractivity contribution in [1.82, 2.24) is 5.32 Å². The van der Waals surface area contributed by atoms with Crippen LogP contribution in [0.5, 0.6) is 0 Å². The normalized spacial score (nSPS) is 11.6. The van der Waals surface area contributed by atoms with E-state index in [2.05, 4.69) is 11.9 Å². The third-order valence-corrected chi connectivity index (χ3v) is 3.14. The maximum Gasteiger partial charge on any atom is 0.417 e. The van der Waals surface area contributed by atoms with Gasteiger partial charge in [0.25, 0.3) is 0 Å². The molecule has 0 aliphatic rings. The van der Waals surface area contributed by atoms with E-state index in [9.17, 15) is 13.2 Å². The summed E-state index contributed by atoms with van der Waals surface area (Å²) < 4.78 is 39.0. The van der Waals surface area contributed by atoms with Crippen molar-refractivity contribution in [1.29, 1.82) is 0 Å². The summed E-state index contributed by atoms with van der Waals surface area (Å²) in [6, 6.07) is 9.14. The van der Waals surface area contributed by atoms with Gasteiger partial charge in [-0.2, -0.15) is 13.2 Å². The highest BCUT2D eigenvalue weighted by molar-refractivity contribution is 5.95. The van der Waals surface area contributed by atoms with Gasteiger partial charge in [0.2, 0.25) is 0 Å². The number of rotatable bonds is 4. The van der Waals surface area contributed by atoms with E-state index >= 15 is 0 Å². The van der Waals surface area contributed by atoms with Crippen LogP contribution < -0.4 is 5.32 Å². The van der Waals surface area contributed by atoms with Gasteiger partial charge in [-0.1, -0.05) is 43.8 Å². The predicted octanol–water partition coefficient (Wildman–Crippen LogP) is 4.83. The van der Waals surface area contributed by atoms with Crippen LogP contribution in [0, 0.1) is 0 Å². The van der Waals surface area contributed by atoms with Gasteiger partial charge in [0.1, 0.15) is 0 Å². The Kier molecular flexibility index (Phi) is 4.02. The zero-order chi connectivity index (χ0) is 14.8. The lowest BCUT2D eigenvalue weighted by Gasteiger charge is -2.15. The van der Waals surface area contributed by atoms with Gasteiger partial charge in [-0.25, -0.2) is 0 Å². The van der Waals surface area contributed by atoms with Crippen molar-refractivity contribution in [3.63, 3.8) is 0 Å². The molecule has 0 radical (unpaired) electrons. The van der Waals surface area contributed by atoms with E-state index in [0.717, 1.165) is 19.0 Å². The number of benzene rings is 2. The highest BCUT2D eigenvalue weighted by Crippen LogP contribution is 2.36. The molecule has 0 heterocycles. The van der Waals surface area contributed by atoms with Crippen molar-refractivity contribution in [2.45, 2.75) is 19.5 Å². The number of alkyl halides is 3. The summed E-state index contributed by atoms with van der Waals surface area (Å²) in [5, 5.41) is 3.89. The molecule has 20 heavy (non-hydrogen) atoms. The molecule has 1 N–H and O–H groups in total. The quantitative estimate of drug-likeness (QED) is 0.845. The van der Waals surface area contributed by atoms with Gasteiger partial charge >= 0.3 is 6.18 Å². The van der Waals surface area contributed by atoms with Crippen molar-refractivity contribution in [2.75, 3.05) is 6.54 Å². The third-order valence-electron chi connectivity index (χ3n) is 3.14. The second-order valence-electron chi connectivity index (χ2n) is 4.61. The standard InChI is InChI=1S/C16H16F3N/c1-3-10-20-11(2)12-6-4-8-14-13(12)7-5-9-15(14)16(17,18)19/h4-9,20H,2-3,10H2,1H3. The average Bonchev–Trinajstić information content (AvgIpc) is 2.42. The lowest BCUT2D eigenvalue weighted by molar-refractivity contribution is -0.136. The number of fused-ring (bicyclic) bond motifs is 1. The third kappa shape index (κ3) is 2.79. The summed E-state index contributed by atoms with van der Waals surface area (Å²) in [6.07, 6.45) is -3.42. The van der Waals surface area contributed by atoms with Crippen molar-refractivity contribution >= 4 is 16.5 Å². The van der Waals surface area contributed by atoms with Gasteiger partial charge < -0.3 is 5.32 Å². The molecule has 0 unspecified atom stereocenters. The molecule has 0 spiro atoms. The molecule has 2 rings (SSSR count). The van der Waals surface area contributed by atoms with Crippen LogP contribution in [0.2, 0.25) is 0 Å². The minimum Gasteiger partial charge on any atom is -0.385 e. The number of nitrogens with one attached hydrogen (secondary N) is 1. The predicted molar refractivity (Wildman–Crippen MR) is 76.3 cm³/mol. The fourth-order valence-corrected chi connectivity index (χ4v) is 2.19. The highest BCUT2D eigenvalue weighted by atomic mass is 19.4. The molecule has 0 saturated carbocycles. The molecule has 0 aliphatic carbocycles. The first-order valence-electron chi connectivity index (χ1n) is 6.47. The second-order valence-corrected chi connectivity index (χ2v) is 4.61. The number of hydrogen-bond acceptors (Lipinski definition) is 1. The van der Waals surface area contributed by atoms with Crippen LogP contribution in [-0.4, -0.2) is 6.54 Å². The molecule has 2 aromatic rings. The molecule has 0 aromatic heterocycles. The van der Waals surface area contributed by atoms with Crippen molar-refractivity contribution < 1.29 is 13.2 Å². The Bertz CT molecular complexity index is 629. The van der Waals surface area contributed by atoms with Crippen LogP contribution in [-0.2, 0) is 6.18 Å². The molecule has 4 heteroatoms. The SMILES string of the molecule is C=C(NCCC)c1cccc2c(C(F)(F)F)cccc12. The van der Waals surface area contributed by atoms with E-state index < -0.39 is 11.7 Å². The molecule has 1 nitrogen and oxygen atoms in total. The molecular formula is C16H16F3N. The topological polar surface area (TPSA) is 12.0 Å². The summed E-state index contributed by atoms with van der Waals surface area (Å²) in [5.74, 6) is 0. The maximum absolute atomic E-state index is 13.0. The van der Waals surface area contributed by atoms with Gasteiger partial charge in [0.05, 0.1) is 5.56 Å². The Balaban J connectivity index is 2.57. The molecule has 0 bridgehead atoms. The molecule has 0 saturated heterocycles. The zero-order valence-electron chi connectivity index (χ0n) is 11.2. The van der Waals surface area contributed by atoms with Crippen molar-refractivity contribution in [2.24, 2.45) is 0 Å². The van der Waals surface area contributed by atoms with Gasteiger partial charge in [-0.15, -0.1) is 0 Å². The van der Waals surface area contributed by atoms with E-state index in [1.54, 1.807) is 18.2 Å². The molecule has 0 aliphatic heterocycles. The van der Waals surface area contributed by atoms with Gasteiger partial charge in [0, 0.05) is 17.8 Å². The van der Waals surface area contributed by atoms with E-state index in [1.807, 2.05) is 6.92 Å². The fourth-order valence-electron chi connectivity index (χ4n) is 2.19. The Morgan fingerprint density at radius 3 is 2.40 bits per heavy atom. The smallest absolute Gasteiger partial charge is 0.385 e. The zero-order valence-corrected chi connectivity index (χ0v) is 11.2. The first kappa shape index (κ1) is 14.4. The summed E-state index contributed by atoms with van der Waals surface area (Å²) in [6.45, 7) is 6.68. The first-order valence-corrected chi connectivity index (χ1v) is 6.47. The van der Waals surface area contributed by atoms with Crippen LogP contribution in [0.25, 0.3) is 16.5 Å². The van der Waals surface area contributed by atoms with Gasteiger partial charge in [-0.05, 0) is 23.3 Å². The van der Waals surface area contributed by atoms with E-state index in [-0.39, 0.29) is 5.39 Å². The monoisotopic (exact) mass is 279 g/mol. The summed E-state index contributed by atoms with van der Waals surface area (Å²) >= 11 is 0. The average molecular weight is 279 g/mol. The highest BCUT2D eigenvalue weighted by Gasteiger charge is 2.32. The summed E-state index contributed by atoms with van der Waals surface area (Å²) in [4.78, 5) is 0. The molecule has 2 aromatic carbocycles. The van der Waals surface area contributed by atoms with Gasteiger partial charge in [0.15, 0.2) is 0 Å². The van der Waals surface area contributed by atoms with Crippen molar-refractivity contribution in [3.05, 3.63) is 54.1 Å². The minimum atomic E-state index is -4.35. The van der Waals surface area contributed by atoms with Crippen LogP contribution >= 0.6 is 0 Å². The summed E-state index contributed by atoms with van der Waals surface area (Å²) in [5.41, 5.74) is 0.749. The number of hydrogen-bond donors (Lipinski definition) is 1. The van der Waals surface area contributed by atoms with Crippen LogP contribution in [0.4, 0.5) is 13.2 Å². The Morgan fingerprint density at radius 2 is 1.75 bits per heavy atom. The summed E-state index contributed by atoms with van der Waals surface area (Å²) in [7, 11) is 0. The van der Waals surface area contributed by atoms with E-state index in [1.165, 1.54) is 12.1 Å². The van der Waals surface area contributed by atoms with Crippen LogP contribution in [0.3, 0.4) is 0 Å². The fraction of sp³-hybridized carbons (Fsp3) is 0.250. The molecule has 0 fully saturated rings. The van der Waals surface area contributed by atoms with Crippen molar-refractivity contribution in [3.8, 4) is 0 Å².